The molecule has 2 saturated heterocycles. The molecule has 2 unspecified atom stereocenters. The van der Waals surface area contributed by atoms with Crippen molar-refractivity contribution in [1.29, 1.82) is 0 Å². The molecule has 2 aromatic rings. The molecule has 2 heterocycles. The number of amides is 1. The maximum absolute atomic E-state index is 12.8. The summed E-state index contributed by atoms with van der Waals surface area (Å²) < 4.78 is 0. The van der Waals surface area contributed by atoms with Gasteiger partial charge in [-0.3, -0.25) is 9.69 Å². The van der Waals surface area contributed by atoms with E-state index in [2.05, 4.69) is 59.9 Å². The molecule has 0 aromatic heterocycles. The Hall–Kier alpha value is -2.21. The second kappa shape index (κ2) is 7.80. The van der Waals surface area contributed by atoms with Gasteiger partial charge in [-0.2, -0.15) is 0 Å². The molecule has 2 fully saturated rings. The maximum Gasteiger partial charge on any atom is 0.253 e. The molecule has 2 atom stereocenters. The van der Waals surface area contributed by atoms with Crippen molar-refractivity contribution in [3.05, 3.63) is 70.8 Å². The topological polar surface area (TPSA) is 47.6 Å². The second-order valence-corrected chi connectivity index (χ2v) is 7.63. The van der Waals surface area contributed by atoms with Crippen molar-refractivity contribution >= 4 is 5.91 Å². The van der Waals surface area contributed by atoms with Crippen LogP contribution in [0.1, 0.15) is 39.5 Å². The van der Waals surface area contributed by atoms with E-state index in [0.717, 1.165) is 38.2 Å². The average molecular weight is 364 g/mol. The van der Waals surface area contributed by atoms with E-state index < -0.39 is 0 Å². The lowest BCUT2D eigenvalue weighted by atomic mass is 10.0. The highest BCUT2D eigenvalue weighted by Gasteiger charge is 2.32. The van der Waals surface area contributed by atoms with E-state index in [1.807, 2.05) is 23.1 Å². The third-order valence-electron chi connectivity index (χ3n) is 5.88. The van der Waals surface area contributed by atoms with Crippen LogP contribution in [0.3, 0.4) is 0 Å². The summed E-state index contributed by atoms with van der Waals surface area (Å²) in [4.78, 5) is 17.2. The quantitative estimate of drug-likeness (QED) is 0.879. The van der Waals surface area contributed by atoms with Crippen LogP contribution in [0.15, 0.2) is 48.5 Å². The van der Waals surface area contributed by atoms with Gasteiger partial charge in [0, 0.05) is 37.8 Å². The molecule has 2 aliphatic heterocycles. The Morgan fingerprint density at radius 2 is 1.67 bits per heavy atom. The van der Waals surface area contributed by atoms with Gasteiger partial charge < -0.3 is 4.90 Å². The Labute approximate surface area is 161 Å². The normalized spacial score (nSPS) is 23.6. The van der Waals surface area contributed by atoms with Crippen molar-refractivity contribution in [3.8, 4) is 0 Å². The molecule has 1 amide bonds. The minimum absolute atomic E-state index is 0.150. The Bertz CT molecular complexity index is 799. The molecule has 142 valence electrons. The first kappa shape index (κ1) is 18.2. The van der Waals surface area contributed by atoms with Gasteiger partial charge >= 0.3 is 0 Å². The number of piperazine rings is 1. The van der Waals surface area contributed by atoms with E-state index in [9.17, 15) is 4.79 Å². The molecular weight excluding hydrogens is 336 g/mol. The zero-order valence-electron chi connectivity index (χ0n) is 16.1. The lowest BCUT2D eigenvalue weighted by Gasteiger charge is -2.37. The molecule has 4 rings (SSSR count). The maximum atomic E-state index is 12.8. The zero-order chi connectivity index (χ0) is 18.8. The summed E-state index contributed by atoms with van der Waals surface area (Å²) in [6.45, 7) is 7.49. The van der Waals surface area contributed by atoms with Crippen molar-refractivity contribution in [2.24, 2.45) is 0 Å². The van der Waals surface area contributed by atoms with Crippen LogP contribution in [0.5, 0.6) is 0 Å². The third kappa shape index (κ3) is 3.90. The van der Waals surface area contributed by atoms with Crippen LogP contribution in [0, 0.1) is 13.8 Å². The van der Waals surface area contributed by atoms with Gasteiger partial charge in [-0.25, -0.2) is 10.9 Å². The Kier molecular flexibility index (Phi) is 5.25. The predicted octanol–water partition coefficient (Wildman–Crippen LogP) is 2.63. The van der Waals surface area contributed by atoms with Gasteiger partial charge in [0.25, 0.3) is 5.91 Å². The van der Waals surface area contributed by atoms with Gasteiger partial charge in [-0.1, -0.05) is 36.4 Å². The summed E-state index contributed by atoms with van der Waals surface area (Å²) in [7, 11) is 0. The second-order valence-electron chi connectivity index (χ2n) is 7.63. The highest BCUT2D eigenvalue weighted by molar-refractivity contribution is 5.94. The Morgan fingerprint density at radius 3 is 2.37 bits per heavy atom. The molecular formula is C22H28N4O. The van der Waals surface area contributed by atoms with E-state index in [0.29, 0.717) is 12.2 Å². The van der Waals surface area contributed by atoms with Gasteiger partial charge in [0.1, 0.15) is 0 Å². The fourth-order valence-electron chi connectivity index (χ4n) is 3.98. The number of nitrogens with zero attached hydrogens (tertiary/aromatic N) is 2. The summed E-state index contributed by atoms with van der Waals surface area (Å²) in [5.74, 6) is 0.150. The van der Waals surface area contributed by atoms with Gasteiger partial charge in [-0.15, -0.1) is 0 Å². The number of hydrazine groups is 1. The van der Waals surface area contributed by atoms with E-state index in [1.165, 1.54) is 16.7 Å². The van der Waals surface area contributed by atoms with Crippen LogP contribution >= 0.6 is 0 Å². The number of nitrogens with one attached hydrogen (secondary N) is 2. The molecule has 0 spiro atoms. The number of carbonyl (C=O) groups is 1. The van der Waals surface area contributed by atoms with E-state index in [-0.39, 0.29) is 5.91 Å². The molecule has 2 N–H and O–H groups in total. The summed E-state index contributed by atoms with van der Waals surface area (Å²) in [5.41, 5.74) is 11.4. The standard InChI is InChI=1S/C22H28N4O/c1-16-8-9-19(14-17(16)2)22(27)26-12-10-25(11-13-26)21-15-20(23-24-21)18-6-4-3-5-7-18/h3-9,14,20-21,23-24H,10-13,15H2,1-2H3. The minimum Gasteiger partial charge on any atom is -0.336 e. The number of hydrogen-bond donors (Lipinski definition) is 2. The smallest absolute Gasteiger partial charge is 0.253 e. The zero-order valence-corrected chi connectivity index (χ0v) is 16.1. The fraction of sp³-hybridized carbons (Fsp3) is 0.409. The lowest BCUT2D eigenvalue weighted by Crippen LogP contribution is -2.55. The first-order valence-corrected chi connectivity index (χ1v) is 9.78. The van der Waals surface area contributed by atoms with Crippen molar-refractivity contribution in [3.63, 3.8) is 0 Å². The molecule has 5 nitrogen and oxygen atoms in total. The van der Waals surface area contributed by atoms with E-state index in [1.54, 1.807) is 0 Å². The van der Waals surface area contributed by atoms with Gasteiger partial charge in [0.15, 0.2) is 0 Å². The van der Waals surface area contributed by atoms with E-state index in [4.69, 9.17) is 0 Å². The van der Waals surface area contributed by atoms with Crippen molar-refractivity contribution < 1.29 is 4.79 Å². The first-order valence-electron chi connectivity index (χ1n) is 9.78. The van der Waals surface area contributed by atoms with Crippen molar-refractivity contribution in [2.75, 3.05) is 26.2 Å². The molecule has 0 aliphatic carbocycles. The average Bonchev–Trinajstić information content (AvgIpc) is 3.21. The lowest BCUT2D eigenvalue weighted by molar-refractivity contribution is 0.0545. The molecule has 27 heavy (non-hydrogen) atoms. The molecule has 2 aromatic carbocycles. The first-order chi connectivity index (χ1) is 13.1. The van der Waals surface area contributed by atoms with Crippen LogP contribution in [0.2, 0.25) is 0 Å². The number of rotatable bonds is 3. The van der Waals surface area contributed by atoms with Crippen LogP contribution in [-0.4, -0.2) is 48.1 Å². The molecule has 0 radical (unpaired) electrons. The minimum atomic E-state index is 0.150. The summed E-state index contributed by atoms with van der Waals surface area (Å²) in [6.07, 6.45) is 1.35. The SMILES string of the molecule is Cc1ccc(C(=O)N2CCN(C3CC(c4ccccc4)NN3)CC2)cc1C. The summed E-state index contributed by atoms with van der Waals surface area (Å²) >= 11 is 0. The van der Waals surface area contributed by atoms with Gasteiger partial charge in [0.05, 0.1) is 6.17 Å². The van der Waals surface area contributed by atoms with Crippen LogP contribution < -0.4 is 10.9 Å². The monoisotopic (exact) mass is 364 g/mol. The largest absolute Gasteiger partial charge is 0.336 e. The predicted molar refractivity (Wildman–Crippen MR) is 107 cm³/mol. The van der Waals surface area contributed by atoms with Gasteiger partial charge in [0.2, 0.25) is 0 Å². The van der Waals surface area contributed by atoms with Crippen molar-refractivity contribution in [1.82, 2.24) is 20.7 Å². The highest BCUT2D eigenvalue weighted by atomic mass is 16.2. The number of aryl methyl sites for hydroxylation is 2. The summed E-state index contributed by atoms with van der Waals surface area (Å²) in [5, 5.41) is 0. The van der Waals surface area contributed by atoms with E-state index >= 15 is 0 Å². The third-order valence-corrected chi connectivity index (χ3v) is 5.88. The van der Waals surface area contributed by atoms with Crippen LogP contribution in [0.4, 0.5) is 0 Å². The highest BCUT2D eigenvalue weighted by Crippen LogP contribution is 2.24. The van der Waals surface area contributed by atoms with Gasteiger partial charge in [-0.05, 0) is 49.1 Å². The molecule has 2 aliphatic rings. The summed E-state index contributed by atoms with van der Waals surface area (Å²) in [6, 6.07) is 16.9. The number of hydrogen-bond acceptors (Lipinski definition) is 4. The Morgan fingerprint density at radius 1 is 0.926 bits per heavy atom. The van der Waals surface area contributed by atoms with Crippen LogP contribution in [-0.2, 0) is 0 Å². The molecule has 0 saturated carbocycles. The fourth-order valence-corrected chi connectivity index (χ4v) is 3.98. The Balaban J connectivity index is 1.32. The molecule has 5 heteroatoms. The molecule has 0 bridgehead atoms. The van der Waals surface area contributed by atoms with Crippen LogP contribution in [0.25, 0.3) is 0 Å². The number of benzene rings is 2. The van der Waals surface area contributed by atoms with Crippen molar-refractivity contribution in [2.45, 2.75) is 32.5 Å². The number of carbonyl (C=O) groups excluding carboxylic acids is 1.